The van der Waals surface area contributed by atoms with Crippen molar-refractivity contribution in [1.29, 1.82) is 0 Å². The molecular formula is C26H33ClN8O. The molecule has 10 heteroatoms. The monoisotopic (exact) mass is 508 g/mol. The average molecular weight is 509 g/mol. The first-order chi connectivity index (χ1) is 17.4. The number of halogens is 1. The maximum atomic E-state index is 13.1. The van der Waals surface area contributed by atoms with Gasteiger partial charge in [-0.3, -0.25) is 9.89 Å². The zero-order chi connectivity index (χ0) is 25.1. The molecule has 1 atom stereocenters. The second-order valence-corrected chi connectivity index (χ2v) is 10.2. The number of anilines is 3. The smallest absolute Gasteiger partial charge is 0.255 e. The molecule has 0 aliphatic carbocycles. The van der Waals surface area contributed by atoms with Gasteiger partial charge in [-0.25, -0.2) is 9.97 Å². The third kappa shape index (κ3) is 5.79. The third-order valence-corrected chi connectivity index (χ3v) is 7.26. The van der Waals surface area contributed by atoms with Gasteiger partial charge in [-0.1, -0.05) is 23.7 Å². The van der Waals surface area contributed by atoms with Crippen LogP contribution >= 0.6 is 11.6 Å². The molecule has 0 bridgehead atoms. The molecule has 0 saturated carbocycles. The molecule has 4 heterocycles. The topological polar surface area (TPSA) is 93.3 Å². The van der Waals surface area contributed by atoms with Gasteiger partial charge in [0.15, 0.2) is 5.82 Å². The number of nitrogens with one attached hydrogen (secondary N) is 2. The summed E-state index contributed by atoms with van der Waals surface area (Å²) in [6.45, 7) is 7.25. The summed E-state index contributed by atoms with van der Waals surface area (Å²) in [6.07, 6.45) is 2.70. The summed E-state index contributed by atoms with van der Waals surface area (Å²) in [4.78, 5) is 29.5. The minimum atomic E-state index is -0.00587. The van der Waals surface area contributed by atoms with Crippen molar-refractivity contribution in [2.24, 2.45) is 5.92 Å². The summed E-state index contributed by atoms with van der Waals surface area (Å²) >= 11 is 6.30. The Labute approximate surface area is 216 Å². The van der Waals surface area contributed by atoms with Crippen LogP contribution < -0.4 is 10.2 Å². The molecule has 2 fully saturated rings. The molecule has 3 aromatic rings. The number of hydrogen-bond acceptors (Lipinski definition) is 7. The zero-order valence-electron chi connectivity index (χ0n) is 20.9. The number of carbonyl (C=O) groups is 1. The summed E-state index contributed by atoms with van der Waals surface area (Å²) in [5.41, 5.74) is 1.55. The maximum absolute atomic E-state index is 13.1. The molecule has 0 spiro atoms. The second kappa shape index (κ2) is 10.8. The Balaban J connectivity index is 1.34. The Kier molecular flexibility index (Phi) is 7.38. The first-order valence-corrected chi connectivity index (χ1v) is 13.0. The fraction of sp³-hybridized carbons (Fsp3) is 0.462. The van der Waals surface area contributed by atoms with Gasteiger partial charge in [0, 0.05) is 63.5 Å². The molecule has 9 nitrogen and oxygen atoms in total. The normalized spacial score (nSPS) is 18.9. The van der Waals surface area contributed by atoms with Crippen LogP contribution in [0.4, 0.5) is 17.5 Å². The Bertz CT molecular complexity index is 1210. The van der Waals surface area contributed by atoms with Gasteiger partial charge in [0.05, 0.1) is 10.6 Å². The lowest BCUT2D eigenvalue weighted by Gasteiger charge is -2.34. The van der Waals surface area contributed by atoms with Gasteiger partial charge in [-0.05, 0) is 44.9 Å². The number of H-pyrrole nitrogens is 1. The fourth-order valence-corrected chi connectivity index (χ4v) is 5.15. The Morgan fingerprint density at radius 1 is 1.11 bits per heavy atom. The van der Waals surface area contributed by atoms with E-state index in [1.165, 1.54) is 0 Å². The molecule has 0 radical (unpaired) electrons. The van der Waals surface area contributed by atoms with E-state index < -0.39 is 0 Å². The summed E-state index contributed by atoms with van der Waals surface area (Å²) in [6, 6.07) is 11.2. The molecule has 190 valence electrons. The van der Waals surface area contributed by atoms with E-state index in [-0.39, 0.29) is 11.8 Å². The number of piperidine rings is 1. The molecule has 1 amide bonds. The van der Waals surface area contributed by atoms with Crippen LogP contribution in [0.2, 0.25) is 5.02 Å². The van der Waals surface area contributed by atoms with Gasteiger partial charge in [-0.2, -0.15) is 5.10 Å². The highest BCUT2D eigenvalue weighted by Gasteiger charge is 2.27. The van der Waals surface area contributed by atoms with Crippen molar-refractivity contribution in [2.45, 2.75) is 26.2 Å². The highest BCUT2D eigenvalue weighted by Crippen LogP contribution is 2.26. The number of aromatic amines is 1. The number of benzene rings is 1. The number of aromatic nitrogens is 4. The Morgan fingerprint density at radius 3 is 2.67 bits per heavy atom. The first-order valence-electron chi connectivity index (χ1n) is 12.6. The number of amides is 1. The second-order valence-electron chi connectivity index (χ2n) is 9.82. The number of hydrogen-bond donors (Lipinski definition) is 2. The number of carbonyl (C=O) groups excluding carboxylic acids is 1. The van der Waals surface area contributed by atoms with Gasteiger partial charge >= 0.3 is 0 Å². The first kappa shape index (κ1) is 24.5. The fourth-order valence-electron chi connectivity index (χ4n) is 4.93. The minimum absolute atomic E-state index is 0.00587. The van der Waals surface area contributed by atoms with Gasteiger partial charge in [0.1, 0.15) is 17.5 Å². The number of aryl methyl sites for hydroxylation is 1. The Morgan fingerprint density at radius 2 is 1.92 bits per heavy atom. The van der Waals surface area contributed by atoms with Crippen LogP contribution in [0.1, 0.15) is 34.7 Å². The van der Waals surface area contributed by atoms with Crippen molar-refractivity contribution in [2.75, 3.05) is 56.5 Å². The molecule has 2 aromatic heterocycles. The predicted molar refractivity (Wildman–Crippen MR) is 142 cm³/mol. The molecule has 1 unspecified atom stereocenters. The van der Waals surface area contributed by atoms with Crippen LogP contribution in [0, 0.1) is 12.8 Å². The van der Waals surface area contributed by atoms with E-state index in [0.29, 0.717) is 23.6 Å². The number of likely N-dealkylation sites (N-methyl/N-ethyl adjacent to an activating group) is 1. The largest absolute Gasteiger partial charge is 0.354 e. The molecule has 1 aromatic carbocycles. The van der Waals surface area contributed by atoms with E-state index in [1.54, 1.807) is 12.1 Å². The molecule has 36 heavy (non-hydrogen) atoms. The highest BCUT2D eigenvalue weighted by atomic mass is 35.5. The van der Waals surface area contributed by atoms with Crippen LogP contribution in [0.3, 0.4) is 0 Å². The molecule has 2 aliphatic rings. The number of piperazine rings is 1. The SMILES string of the molecule is Cc1cc(Nc2cc(N3CCN(C)CC3)nc(CC3CCCN(C(=O)c4ccccc4Cl)C3)n2)n[nH]1. The van der Waals surface area contributed by atoms with Crippen LogP contribution in [0.25, 0.3) is 0 Å². The van der Waals surface area contributed by atoms with Crippen molar-refractivity contribution >= 4 is 35.0 Å². The molecule has 2 N–H and O–H groups in total. The van der Waals surface area contributed by atoms with Crippen molar-refractivity contribution in [3.63, 3.8) is 0 Å². The number of nitrogens with zero attached hydrogens (tertiary/aromatic N) is 6. The summed E-state index contributed by atoms with van der Waals surface area (Å²) in [5.74, 6) is 3.47. The van der Waals surface area contributed by atoms with Gasteiger partial charge in [-0.15, -0.1) is 0 Å². The van der Waals surface area contributed by atoms with E-state index in [0.717, 1.165) is 74.5 Å². The predicted octanol–water partition coefficient (Wildman–Crippen LogP) is 3.75. The van der Waals surface area contributed by atoms with E-state index in [1.807, 2.05) is 36.1 Å². The summed E-state index contributed by atoms with van der Waals surface area (Å²) in [5, 5.41) is 11.1. The Hall–Kier alpha value is -3.17. The number of likely N-dealkylation sites (tertiary alicyclic amines) is 1. The van der Waals surface area contributed by atoms with Crippen LogP contribution in [-0.4, -0.2) is 82.2 Å². The van der Waals surface area contributed by atoms with Crippen LogP contribution in [-0.2, 0) is 6.42 Å². The summed E-state index contributed by atoms with van der Waals surface area (Å²) in [7, 11) is 2.15. The standard InChI is InChI=1S/C26H33ClN8O/c1-18-14-24(32-31-18)29-23-16-25(34-12-10-33(2)11-13-34)30-22(28-23)15-19-6-5-9-35(17-19)26(36)20-7-3-4-8-21(20)27/h3-4,7-8,14,16,19H,5-6,9-13,15,17H2,1-2H3,(H2,28,29,30,31,32). The van der Waals surface area contributed by atoms with E-state index >= 15 is 0 Å². The van der Waals surface area contributed by atoms with E-state index in [9.17, 15) is 4.79 Å². The average Bonchev–Trinajstić information content (AvgIpc) is 3.28. The third-order valence-electron chi connectivity index (χ3n) is 6.93. The van der Waals surface area contributed by atoms with E-state index in [2.05, 4.69) is 32.4 Å². The lowest BCUT2D eigenvalue weighted by molar-refractivity contribution is 0.0672. The van der Waals surface area contributed by atoms with Gasteiger partial charge in [0.2, 0.25) is 0 Å². The van der Waals surface area contributed by atoms with Crippen molar-refractivity contribution < 1.29 is 4.79 Å². The number of rotatable bonds is 6. The van der Waals surface area contributed by atoms with Crippen molar-refractivity contribution in [1.82, 2.24) is 30.0 Å². The van der Waals surface area contributed by atoms with Crippen molar-refractivity contribution in [3.05, 3.63) is 58.5 Å². The molecule has 2 saturated heterocycles. The summed E-state index contributed by atoms with van der Waals surface area (Å²) < 4.78 is 0. The molecular weight excluding hydrogens is 476 g/mol. The van der Waals surface area contributed by atoms with Crippen LogP contribution in [0.5, 0.6) is 0 Å². The van der Waals surface area contributed by atoms with Crippen molar-refractivity contribution in [3.8, 4) is 0 Å². The van der Waals surface area contributed by atoms with Crippen LogP contribution in [0.15, 0.2) is 36.4 Å². The van der Waals surface area contributed by atoms with E-state index in [4.69, 9.17) is 21.6 Å². The molecule has 2 aliphatic heterocycles. The lowest BCUT2D eigenvalue weighted by Crippen LogP contribution is -2.45. The zero-order valence-corrected chi connectivity index (χ0v) is 21.6. The lowest BCUT2D eigenvalue weighted by atomic mass is 9.94. The van der Waals surface area contributed by atoms with Gasteiger partial charge < -0.3 is 20.0 Å². The highest BCUT2D eigenvalue weighted by molar-refractivity contribution is 6.33. The van der Waals surface area contributed by atoms with Gasteiger partial charge in [0.25, 0.3) is 5.91 Å². The molecule has 5 rings (SSSR count). The minimum Gasteiger partial charge on any atom is -0.354 e. The maximum Gasteiger partial charge on any atom is 0.255 e. The quantitative estimate of drug-likeness (QED) is 0.523.